The van der Waals surface area contributed by atoms with Gasteiger partial charge in [0.2, 0.25) is 0 Å². The molecule has 0 aliphatic carbocycles. The van der Waals surface area contributed by atoms with Crippen molar-refractivity contribution in [1.29, 1.82) is 0 Å². The van der Waals surface area contributed by atoms with Crippen LogP contribution in [0.25, 0.3) is 11.1 Å². The molecule has 0 N–H and O–H groups in total. The average molecular weight is 269 g/mol. The van der Waals surface area contributed by atoms with Gasteiger partial charge in [0.1, 0.15) is 5.69 Å². The van der Waals surface area contributed by atoms with Crippen molar-refractivity contribution in [3.63, 3.8) is 0 Å². The zero-order valence-corrected chi connectivity index (χ0v) is 9.41. The average Bonchev–Trinajstić information content (AvgIpc) is 2.38. The van der Waals surface area contributed by atoms with E-state index in [1.54, 1.807) is 0 Å². The zero-order chi connectivity index (χ0) is 14.0. The number of carbonyl (C=O) groups excluding carboxylic acids is 1. The first-order valence-corrected chi connectivity index (χ1v) is 5.20. The molecule has 0 saturated heterocycles. The lowest BCUT2D eigenvalue weighted by atomic mass is 10.0. The van der Waals surface area contributed by atoms with E-state index in [0.29, 0.717) is 0 Å². The van der Waals surface area contributed by atoms with E-state index >= 15 is 0 Å². The molecule has 1 aromatic heterocycles. The Morgan fingerprint density at radius 1 is 1.11 bits per heavy atom. The summed E-state index contributed by atoms with van der Waals surface area (Å²) in [4.78, 5) is 14.0. The molecule has 2 aromatic rings. The number of alkyl halides is 3. The third-order valence-corrected chi connectivity index (χ3v) is 2.50. The number of hydrogen-bond acceptors (Lipinski definition) is 2. The minimum absolute atomic E-state index is 0.175. The molecule has 0 amide bonds. The monoisotopic (exact) mass is 269 g/mol. The van der Waals surface area contributed by atoms with Crippen LogP contribution in [0.15, 0.2) is 36.5 Å². The van der Waals surface area contributed by atoms with Crippen LogP contribution in [0.3, 0.4) is 0 Å². The fourth-order valence-electron chi connectivity index (χ4n) is 1.57. The molecule has 0 fully saturated rings. The lowest BCUT2D eigenvalue weighted by molar-refractivity contribution is -0.137. The number of aldehydes is 1. The van der Waals surface area contributed by atoms with E-state index < -0.39 is 17.6 Å². The molecule has 98 valence electrons. The Bertz CT molecular complexity index is 622. The number of nitrogens with zero attached hydrogens (tertiary/aromatic N) is 1. The van der Waals surface area contributed by atoms with Crippen molar-refractivity contribution in [2.75, 3.05) is 0 Å². The molecule has 2 nitrogen and oxygen atoms in total. The van der Waals surface area contributed by atoms with E-state index in [0.717, 1.165) is 24.4 Å². The summed E-state index contributed by atoms with van der Waals surface area (Å²) >= 11 is 0. The summed E-state index contributed by atoms with van der Waals surface area (Å²) in [5.74, 6) is -0.870. The highest BCUT2D eigenvalue weighted by Gasteiger charge is 2.30. The van der Waals surface area contributed by atoms with Gasteiger partial charge in [-0.15, -0.1) is 0 Å². The molecule has 0 bridgehead atoms. The Morgan fingerprint density at radius 3 is 2.42 bits per heavy atom. The molecule has 0 unspecified atom stereocenters. The Balaban J connectivity index is 2.48. The van der Waals surface area contributed by atoms with Gasteiger partial charge in [0.25, 0.3) is 0 Å². The largest absolute Gasteiger partial charge is 0.416 e. The van der Waals surface area contributed by atoms with Crippen LogP contribution in [-0.4, -0.2) is 11.3 Å². The quantitative estimate of drug-likeness (QED) is 0.614. The van der Waals surface area contributed by atoms with Gasteiger partial charge in [-0.25, -0.2) is 9.37 Å². The minimum atomic E-state index is -4.47. The second-order valence-corrected chi connectivity index (χ2v) is 3.79. The smallest absolute Gasteiger partial charge is 0.296 e. The highest BCUT2D eigenvalue weighted by atomic mass is 19.4. The normalized spacial score (nSPS) is 11.4. The first-order valence-electron chi connectivity index (χ1n) is 5.20. The predicted octanol–water partition coefficient (Wildman–Crippen LogP) is 3.72. The second-order valence-electron chi connectivity index (χ2n) is 3.79. The Hall–Kier alpha value is -2.24. The summed E-state index contributed by atoms with van der Waals surface area (Å²) in [5, 5.41) is 0. The third kappa shape index (κ3) is 2.78. The topological polar surface area (TPSA) is 30.0 Å². The molecule has 0 aliphatic rings. The number of pyridine rings is 1. The van der Waals surface area contributed by atoms with Crippen molar-refractivity contribution in [3.05, 3.63) is 53.6 Å². The predicted molar refractivity (Wildman–Crippen MR) is 60.0 cm³/mol. The number of halogens is 4. The van der Waals surface area contributed by atoms with Crippen molar-refractivity contribution in [2.45, 2.75) is 6.18 Å². The lowest BCUT2D eigenvalue weighted by Crippen LogP contribution is -2.04. The van der Waals surface area contributed by atoms with Crippen LogP contribution in [-0.2, 0) is 6.18 Å². The Kier molecular flexibility index (Phi) is 3.33. The minimum Gasteiger partial charge on any atom is -0.296 e. The van der Waals surface area contributed by atoms with E-state index in [9.17, 15) is 22.4 Å². The second kappa shape index (κ2) is 4.79. The fraction of sp³-hybridized carbons (Fsp3) is 0.0769. The Labute approximate surface area is 105 Å². The third-order valence-electron chi connectivity index (χ3n) is 2.50. The lowest BCUT2D eigenvalue weighted by Gasteiger charge is -2.09. The summed E-state index contributed by atoms with van der Waals surface area (Å²) < 4.78 is 51.0. The molecule has 19 heavy (non-hydrogen) atoms. The summed E-state index contributed by atoms with van der Waals surface area (Å²) in [6.45, 7) is 0. The number of aromatic nitrogens is 1. The van der Waals surface area contributed by atoms with Crippen LogP contribution in [0.4, 0.5) is 17.6 Å². The highest BCUT2D eigenvalue weighted by molar-refractivity contribution is 5.74. The summed E-state index contributed by atoms with van der Waals surface area (Å²) in [7, 11) is 0. The van der Waals surface area contributed by atoms with Crippen LogP contribution in [0.5, 0.6) is 0 Å². The molecule has 2 rings (SSSR count). The molecule has 1 heterocycles. The van der Waals surface area contributed by atoms with Crippen LogP contribution in [0.2, 0.25) is 0 Å². The van der Waals surface area contributed by atoms with Gasteiger partial charge in [-0.2, -0.15) is 13.2 Å². The van der Waals surface area contributed by atoms with Crippen LogP contribution in [0.1, 0.15) is 16.1 Å². The van der Waals surface area contributed by atoms with Crippen molar-refractivity contribution < 1.29 is 22.4 Å². The summed E-state index contributed by atoms with van der Waals surface area (Å²) in [6.07, 6.45) is -3.07. The molecule has 1 aromatic carbocycles. The first-order chi connectivity index (χ1) is 8.91. The van der Waals surface area contributed by atoms with Gasteiger partial charge in [0.05, 0.1) is 5.56 Å². The molecule has 0 saturated carbocycles. The van der Waals surface area contributed by atoms with Gasteiger partial charge in [0, 0.05) is 11.8 Å². The number of hydrogen-bond donors (Lipinski definition) is 0. The van der Waals surface area contributed by atoms with Gasteiger partial charge in [0.15, 0.2) is 12.1 Å². The van der Waals surface area contributed by atoms with Crippen molar-refractivity contribution in [2.24, 2.45) is 0 Å². The van der Waals surface area contributed by atoms with E-state index in [1.807, 2.05) is 0 Å². The fourth-order valence-corrected chi connectivity index (χ4v) is 1.57. The molecule has 0 atom stereocenters. The first kappa shape index (κ1) is 13.2. The van der Waals surface area contributed by atoms with Gasteiger partial charge in [-0.3, -0.25) is 4.79 Å². The number of carbonyl (C=O) groups is 1. The maximum Gasteiger partial charge on any atom is 0.416 e. The maximum atomic E-state index is 13.4. The summed E-state index contributed by atoms with van der Waals surface area (Å²) in [5.41, 5.74) is -0.853. The maximum absolute atomic E-state index is 13.4. The molecular formula is C13H7F4NO. The van der Waals surface area contributed by atoms with Crippen molar-refractivity contribution >= 4 is 6.29 Å². The van der Waals surface area contributed by atoms with E-state index in [-0.39, 0.29) is 23.1 Å². The molecule has 0 aliphatic heterocycles. The van der Waals surface area contributed by atoms with Crippen LogP contribution >= 0.6 is 0 Å². The Morgan fingerprint density at radius 2 is 1.84 bits per heavy atom. The zero-order valence-electron chi connectivity index (χ0n) is 9.41. The van der Waals surface area contributed by atoms with Crippen molar-refractivity contribution in [3.8, 4) is 11.1 Å². The van der Waals surface area contributed by atoms with E-state index in [2.05, 4.69) is 4.98 Å². The number of benzene rings is 1. The molecule has 0 radical (unpaired) electrons. The van der Waals surface area contributed by atoms with Crippen LogP contribution in [0, 0.1) is 5.82 Å². The highest BCUT2D eigenvalue weighted by Crippen LogP contribution is 2.32. The molecular weight excluding hydrogens is 262 g/mol. The van der Waals surface area contributed by atoms with Crippen LogP contribution < -0.4 is 0 Å². The van der Waals surface area contributed by atoms with Gasteiger partial charge < -0.3 is 0 Å². The van der Waals surface area contributed by atoms with Gasteiger partial charge >= 0.3 is 6.18 Å². The SMILES string of the molecule is O=Cc1ncc(-c2cccc(C(F)(F)F)c2)cc1F. The van der Waals surface area contributed by atoms with E-state index in [4.69, 9.17) is 0 Å². The standard InChI is InChI=1S/C13H7F4NO/c14-11-5-9(6-18-12(11)7-19)8-2-1-3-10(4-8)13(15,16)17/h1-7H. The molecule has 6 heteroatoms. The molecule has 0 spiro atoms. The van der Waals surface area contributed by atoms with Gasteiger partial charge in [-0.05, 0) is 23.8 Å². The number of rotatable bonds is 2. The summed E-state index contributed by atoms with van der Waals surface area (Å²) in [6, 6.07) is 5.44. The van der Waals surface area contributed by atoms with E-state index in [1.165, 1.54) is 12.1 Å². The van der Waals surface area contributed by atoms with Crippen molar-refractivity contribution in [1.82, 2.24) is 4.98 Å². The van der Waals surface area contributed by atoms with Gasteiger partial charge in [-0.1, -0.05) is 12.1 Å².